The molecule has 114 valence electrons. The summed E-state index contributed by atoms with van der Waals surface area (Å²) >= 11 is 5.87. The largest absolute Gasteiger partial charge is 0.390 e. The Hall–Kier alpha value is -1.43. The predicted molar refractivity (Wildman–Crippen MR) is 80.9 cm³/mol. The van der Waals surface area contributed by atoms with Gasteiger partial charge in [-0.25, -0.2) is 9.67 Å². The zero-order valence-electron chi connectivity index (χ0n) is 12.3. The Morgan fingerprint density at radius 3 is 2.24 bits per heavy atom. The number of aliphatic hydroxyl groups is 2. The van der Waals surface area contributed by atoms with Crippen LogP contribution in [0.3, 0.4) is 0 Å². The molecule has 0 aliphatic heterocycles. The molecule has 1 aromatic heterocycles. The molecular formula is C15H20ClN3O2. The molecule has 2 rings (SSSR count). The number of aromatic nitrogens is 3. The van der Waals surface area contributed by atoms with Gasteiger partial charge < -0.3 is 10.2 Å². The van der Waals surface area contributed by atoms with Crippen LogP contribution < -0.4 is 0 Å². The second kappa shape index (κ2) is 6.13. The Kier molecular flexibility index (Phi) is 4.66. The lowest BCUT2D eigenvalue weighted by molar-refractivity contribution is -0.0422. The third-order valence-corrected chi connectivity index (χ3v) is 3.74. The monoisotopic (exact) mass is 309 g/mol. The second-order valence-electron chi connectivity index (χ2n) is 6.17. The van der Waals surface area contributed by atoms with Crippen LogP contribution in [0.15, 0.2) is 36.9 Å². The molecule has 0 spiro atoms. The van der Waals surface area contributed by atoms with Crippen molar-refractivity contribution in [1.29, 1.82) is 0 Å². The van der Waals surface area contributed by atoms with Gasteiger partial charge in [-0.15, -0.1) is 0 Å². The number of hydrogen-bond acceptors (Lipinski definition) is 4. The standard InChI is InChI=1S/C15H20ClN3O2/c1-15(2,3)14(21)12(19-9-17-8-18-19)13(20)10-4-6-11(16)7-5-10/h4-9,12-14,20-21H,1-3H3. The summed E-state index contributed by atoms with van der Waals surface area (Å²) in [7, 11) is 0. The lowest BCUT2D eigenvalue weighted by atomic mass is 9.81. The van der Waals surface area contributed by atoms with Gasteiger partial charge in [-0.3, -0.25) is 0 Å². The highest BCUT2D eigenvalue weighted by Gasteiger charge is 2.37. The van der Waals surface area contributed by atoms with E-state index in [-0.39, 0.29) is 0 Å². The van der Waals surface area contributed by atoms with Gasteiger partial charge in [0.15, 0.2) is 0 Å². The second-order valence-corrected chi connectivity index (χ2v) is 6.61. The maximum absolute atomic E-state index is 10.7. The molecule has 21 heavy (non-hydrogen) atoms. The van der Waals surface area contributed by atoms with Crippen LogP contribution in [0.1, 0.15) is 38.5 Å². The Bertz CT molecular complexity index is 564. The summed E-state index contributed by atoms with van der Waals surface area (Å²) < 4.78 is 1.50. The normalized spacial score (nSPS) is 16.5. The van der Waals surface area contributed by atoms with E-state index in [2.05, 4.69) is 10.1 Å². The molecule has 0 saturated heterocycles. The van der Waals surface area contributed by atoms with Gasteiger partial charge >= 0.3 is 0 Å². The fourth-order valence-electron chi connectivity index (χ4n) is 2.20. The molecule has 3 unspecified atom stereocenters. The minimum absolute atomic E-state index is 0.413. The van der Waals surface area contributed by atoms with E-state index in [0.717, 1.165) is 0 Å². The Morgan fingerprint density at radius 2 is 1.76 bits per heavy atom. The number of benzene rings is 1. The molecule has 3 atom stereocenters. The van der Waals surface area contributed by atoms with E-state index in [1.165, 1.54) is 17.3 Å². The van der Waals surface area contributed by atoms with E-state index in [4.69, 9.17) is 11.6 Å². The summed E-state index contributed by atoms with van der Waals surface area (Å²) in [4.78, 5) is 3.91. The smallest absolute Gasteiger partial charge is 0.137 e. The van der Waals surface area contributed by atoms with Crippen molar-refractivity contribution in [2.75, 3.05) is 0 Å². The van der Waals surface area contributed by atoms with Gasteiger partial charge in [0.05, 0.1) is 6.10 Å². The molecule has 2 N–H and O–H groups in total. The van der Waals surface area contributed by atoms with E-state index < -0.39 is 23.7 Å². The predicted octanol–water partition coefficient (Wildman–Crippen LogP) is 2.61. The van der Waals surface area contributed by atoms with Gasteiger partial charge in [0.25, 0.3) is 0 Å². The fraction of sp³-hybridized carbons (Fsp3) is 0.467. The molecule has 1 heterocycles. The number of rotatable bonds is 4. The molecule has 0 radical (unpaired) electrons. The first-order chi connectivity index (χ1) is 9.80. The van der Waals surface area contributed by atoms with Gasteiger partial charge in [0, 0.05) is 5.02 Å². The van der Waals surface area contributed by atoms with E-state index in [1.54, 1.807) is 24.3 Å². The lowest BCUT2D eigenvalue weighted by Crippen LogP contribution is -2.39. The minimum Gasteiger partial charge on any atom is -0.390 e. The van der Waals surface area contributed by atoms with Gasteiger partial charge in [-0.05, 0) is 23.1 Å². The summed E-state index contributed by atoms with van der Waals surface area (Å²) in [5.41, 5.74) is 0.257. The zero-order chi connectivity index (χ0) is 15.6. The SMILES string of the molecule is CC(C)(C)C(O)C(C(O)c1ccc(Cl)cc1)n1cncn1. The van der Waals surface area contributed by atoms with Crippen LogP contribution in [0.25, 0.3) is 0 Å². The van der Waals surface area contributed by atoms with Crippen LogP contribution in [-0.2, 0) is 0 Å². The molecule has 2 aromatic rings. The van der Waals surface area contributed by atoms with Crippen molar-refractivity contribution >= 4 is 11.6 Å². The highest BCUT2D eigenvalue weighted by atomic mass is 35.5. The Balaban J connectivity index is 2.38. The maximum atomic E-state index is 10.7. The first kappa shape index (κ1) is 15.9. The summed E-state index contributed by atoms with van der Waals surface area (Å²) in [5.74, 6) is 0. The van der Waals surface area contributed by atoms with Crippen molar-refractivity contribution in [2.24, 2.45) is 5.41 Å². The summed E-state index contributed by atoms with van der Waals surface area (Å²) in [6, 6.07) is 6.27. The van der Waals surface area contributed by atoms with Gasteiger partial charge in [0.2, 0.25) is 0 Å². The first-order valence-corrected chi connectivity index (χ1v) is 7.14. The molecule has 0 aliphatic rings. The number of aliphatic hydroxyl groups excluding tert-OH is 2. The quantitative estimate of drug-likeness (QED) is 0.910. The highest BCUT2D eigenvalue weighted by Crippen LogP contribution is 2.36. The van der Waals surface area contributed by atoms with E-state index in [9.17, 15) is 10.2 Å². The average Bonchev–Trinajstić information content (AvgIpc) is 2.92. The zero-order valence-corrected chi connectivity index (χ0v) is 13.1. The molecule has 0 bridgehead atoms. The molecule has 1 aromatic carbocycles. The Labute approximate surface area is 129 Å². The first-order valence-electron chi connectivity index (χ1n) is 6.76. The summed E-state index contributed by atoms with van der Waals surface area (Å²) in [6.45, 7) is 5.74. The van der Waals surface area contributed by atoms with Gasteiger partial charge in [-0.1, -0.05) is 44.5 Å². The molecular weight excluding hydrogens is 290 g/mol. The van der Waals surface area contributed by atoms with Crippen LogP contribution in [0, 0.1) is 5.41 Å². The van der Waals surface area contributed by atoms with Crippen molar-refractivity contribution in [1.82, 2.24) is 14.8 Å². The van der Waals surface area contributed by atoms with Crippen LogP contribution in [-0.4, -0.2) is 31.1 Å². The van der Waals surface area contributed by atoms with Crippen LogP contribution in [0.5, 0.6) is 0 Å². The van der Waals surface area contributed by atoms with E-state index in [1.807, 2.05) is 20.8 Å². The van der Waals surface area contributed by atoms with Crippen LogP contribution in [0.4, 0.5) is 0 Å². The third-order valence-electron chi connectivity index (χ3n) is 3.49. The molecule has 5 nitrogen and oxygen atoms in total. The molecule has 0 aliphatic carbocycles. The summed E-state index contributed by atoms with van der Waals surface area (Å²) in [6.07, 6.45) is 1.17. The van der Waals surface area contributed by atoms with Gasteiger partial charge in [-0.2, -0.15) is 5.10 Å². The number of hydrogen-bond donors (Lipinski definition) is 2. The molecule has 6 heteroatoms. The molecule has 0 amide bonds. The topological polar surface area (TPSA) is 71.2 Å². The fourth-order valence-corrected chi connectivity index (χ4v) is 2.33. The van der Waals surface area contributed by atoms with Crippen molar-refractivity contribution in [3.8, 4) is 0 Å². The van der Waals surface area contributed by atoms with Crippen molar-refractivity contribution in [3.05, 3.63) is 47.5 Å². The number of halogens is 1. The highest BCUT2D eigenvalue weighted by molar-refractivity contribution is 6.30. The van der Waals surface area contributed by atoms with Crippen molar-refractivity contribution in [2.45, 2.75) is 39.0 Å². The van der Waals surface area contributed by atoms with Gasteiger partial charge in [0.1, 0.15) is 24.8 Å². The molecule has 0 fully saturated rings. The van der Waals surface area contributed by atoms with Crippen LogP contribution in [0.2, 0.25) is 5.02 Å². The third kappa shape index (κ3) is 3.61. The van der Waals surface area contributed by atoms with E-state index >= 15 is 0 Å². The van der Waals surface area contributed by atoms with Crippen molar-refractivity contribution in [3.63, 3.8) is 0 Å². The molecule has 0 saturated carbocycles. The van der Waals surface area contributed by atoms with Crippen LogP contribution >= 0.6 is 11.6 Å². The summed E-state index contributed by atoms with van der Waals surface area (Å²) in [5, 5.41) is 26.0. The van der Waals surface area contributed by atoms with E-state index in [0.29, 0.717) is 10.6 Å². The van der Waals surface area contributed by atoms with Crippen molar-refractivity contribution < 1.29 is 10.2 Å². The Morgan fingerprint density at radius 1 is 1.14 bits per heavy atom. The minimum atomic E-state index is -0.918. The average molecular weight is 310 g/mol. The maximum Gasteiger partial charge on any atom is 0.137 e. The lowest BCUT2D eigenvalue weighted by Gasteiger charge is -2.35. The number of nitrogens with zero attached hydrogens (tertiary/aromatic N) is 3.